The molecule has 1 aliphatic rings. The molecule has 0 spiro atoms. The van der Waals surface area contributed by atoms with Crippen molar-refractivity contribution in [2.45, 2.75) is 18.4 Å². The van der Waals surface area contributed by atoms with E-state index in [1.54, 1.807) is 0 Å². The molecule has 1 saturated heterocycles. The average Bonchev–Trinajstić information content (AvgIpc) is 2.30. The van der Waals surface area contributed by atoms with E-state index in [-0.39, 0.29) is 5.54 Å². The van der Waals surface area contributed by atoms with Crippen molar-refractivity contribution < 1.29 is 0 Å². The Morgan fingerprint density at radius 2 is 2.12 bits per heavy atom. The van der Waals surface area contributed by atoms with Gasteiger partial charge in [0.05, 0.1) is 5.54 Å². The highest BCUT2D eigenvalue weighted by Crippen LogP contribution is 2.30. The van der Waals surface area contributed by atoms with E-state index < -0.39 is 0 Å². The van der Waals surface area contributed by atoms with Crippen molar-refractivity contribution in [3.05, 3.63) is 29.3 Å². The molecule has 2 nitrogen and oxygen atoms in total. The van der Waals surface area contributed by atoms with Gasteiger partial charge in [0.25, 0.3) is 0 Å². The van der Waals surface area contributed by atoms with Gasteiger partial charge in [0, 0.05) is 17.3 Å². The third-order valence-electron chi connectivity index (χ3n) is 3.07. The van der Waals surface area contributed by atoms with Gasteiger partial charge in [-0.05, 0) is 42.5 Å². The number of nitrogens with one attached hydrogen (secondary N) is 1. The van der Waals surface area contributed by atoms with Crippen LogP contribution in [0.25, 0.3) is 0 Å². The molecular formula is C12H17ClN2S. The van der Waals surface area contributed by atoms with E-state index in [2.05, 4.69) is 5.32 Å². The van der Waals surface area contributed by atoms with Crippen LogP contribution >= 0.6 is 23.4 Å². The Morgan fingerprint density at radius 1 is 1.38 bits per heavy atom. The van der Waals surface area contributed by atoms with Crippen LogP contribution in [-0.4, -0.2) is 23.6 Å². The molecule has 4 heteroatoms. The Hall–Kier alpha value is -0.380. The van der Waals surface area contributed by atoms with Crippen molar-refractivity contribution in [1.29, 1.82) is 0 Å². The molecule has 2 rings (SSSR count). The first-order valence-corrected chi connectivity index (χ1v) is 7.09. The Morgan fingerprint density at radius 3 is 2.75 bits per heavy atom. The van der Waals surface area contributed by atoms with E-state index in [0.29, 0.717) is 6.54 Å². The Kier molecular flexibility index (Phi) is 4.00. The lowest BCUT2D eigenvalue weighted by molar-refractivity contribution is 0.443. The summed E-state index contributed by atoms with van der Waals surface area (Å²) in [7, 11) is 0. The molecule has 0 aliphatic carbocycles. The minimum atomic E-state index is 0.0654. The minimum absolute atomic E-state index is 0.0654. The molecule has 0 saturated carbocycles. The lowest BCUT2D eigenvalue weighted by atomic mass is 9.92. The molecule has 88 valence electrons. The zero-order valence-corrected chi connectivity index (χ0v) is 10.8. The van der Waals surface area contributed by atoms with Gasteiger partial charge in [-0.15, -0.1) is 0 Å². The summed E-state index contributed by atoms with van der Waals surface area (Å²) in [6, 6.07) is 7.86. The molecule has 1 aromatic carbocycles. The standard InChI is InChI=1S/C12H17ClN2S/c13-10-2-1-3-11(8-10)15-12(9-14)4-6-16-7-5-12/h1-3,8,15H,4-7,9,14H2. The van der Waals surface area contributed by atoms with E-state index in [1.807, 2.05) is 36.0 Å². The van der Waals surface area contributed by atoms with Gasteiger partial charge >= 0.3 is 0 Å². The first kappa shape index (κ1) is 12.1. The van der Waals surface area contributed by atoms with Crippen molar-refractivity contribution in [2.24, 2.45) is 5.73 Å². The number of hydrogen-bond donors (Lipinski definition) is 2. The van der Waals surface area contributed by atoms with Gasteiger partial charge in [0.2, 0.25) is 0 Å². The molecule has 1 fully saturated rings. The predicted molar refractivity (Wildman–Crippen MR) is 73.4 cm³/mol. The second-order valence-corrected chi connectivity index (χ2v) is 5.89. The zero-order chi connectivity index (χ0) is 11.4. The monoisotopic (exact) mass is 256 g/mol. The fraction of sp³-hybridized carbons (Fsp3) is 0.500. The topological polar surface area (TPSA) is 38.0 Å². The number of thioether (sulfide) groups is 1. The largest absolute Gasteiger partial charge is 0.378 e. The lowest BCUT2D eigenvalue weighted by Gasteiger charge is -2.37. The van der Waals surface area contributed by atoms with Gasteiger partial charge in [0.15, 0.2) is 0 Å². The third kappa shape index (κ3) is 2.84. The molecule has 1 aromatic rings. The first-order valence-electron chi connectivity index (χ1n) is 5.56. The van der Waals surface area contributed by atoms with Crippen LogP contribution in [0.4, 0.5) is 5.69 Å². The number of anilines is 1. The maximum atomic E-state index is 5.98. The lowest BCUT2D eigenvalue weighted by Crippen LogP contribution is -2.48. The van der Waals surface area contributed by atoms with Crippen molar-refractivity contribution in [1.82, 2.24) is 0 Å². The number of nitrogens with two attached hydrogens (primary N) is 1. The minimum Gasteiger partial charge on any atom is -0.378 e. The highest BCUT2D eigenvalue weighted by atomic mass is 35.5. The second-order valence-electron chi connectivity index (χ2n) is 4.23. The summed E-state index contributed by atoms with van der Waals surface area (Å²) in [6.07, 6.45) is 2.25. The normalized spacial score (nSPS) is 19.4. The summed E-state index contributed by atoms with van der Waals surface area (Å²) in [5.74, 6) is 2.37. The van der Waals surface area contributed by atoms with Crippen molar-refractivity contribution in [3.8, 4) is 0 Å². The highest BCUT2D eigenvalue weighted by Gasteiger charge is 2.30. The molecule has 1 aliphatic heterocycles. The molecular weight excluding hydrogens is 240 g/mol. The molecule has 0 radical (unpaired) electrons. The van der Waals surface area contributed by atoms with E-state index in [1.165, 1.54) is 11.5 Å². The van der Waals surface area contributed by atoms with E-state index in [4.69, 9.17) is 17.3 Å². The van der Waals surface area contributed by atoms with Crippen LogP contribution in [0.5, 0.6) is 0 Å². The number of halogens is 1. The first-order chi connectivity index (χ1) is 7.74. The fourth-order valence-electron chi connectivity index (χ4n) is 2.01. The van der Waals surface area contributed by atoms with Gasteiger partial charge in [0.1, 0.15) is 0 Å². The van der Waals surface area contributed by atoms with Crippen LogP contribution in [0.15, 0.2) is 24.3 Å². The highest BCUT2D eigenvalue weighted by molar-refractivity contribution is 7.99. The Balaban J connectivity index is 2.11. The number of rotatable bonds is 3. The smallest absolute Gasteiger partial charge is 0.0511 e. The Labute approximate surface area is 106 Å². The predicted octanol–water partition coefficient (Wildman–Crippen LogP) is 2.98. The van der Waals surface area contributed by atoms with Crippen LogP contribution in [0.2, 0.25) is 5.02 Å². The van der Waals surface area contributed by atoms with Gasteiger partial charge in [-0.25, -0.2) is 0 Å². The van der Waals surface area contributed by atoms with Gasteiger partial charge < -0.3 is 11.1 Å². The molecule has 0 atom stereocenters. The summed E-state index contributed by atoms with van der Waals surface area (Å²) < 4.78 is 0. The number of hydrogen-bond acceptors (Lipinski definition) is 3. The maximum Gasteiger partial charge on any atom is 0.0511 e. The number of benzene rings is 1. The van der Waals surface area contributed by atoms with Crippen LogP contribution in [0, 0.1) is 0 Å². The molecule has 0 unspecified atom stereocenters. The molecule has 0 amide bonds. The van der Waals surface area contributed by atoms with Gasteiger partial charge in [-0.3, -0.25) is 0 Å². The fourth-order valence-corrected chi connectivity index (χ4v) is 3.48. The summed E-state index contributed by atoms with van der Waals surface area (Å²) in [4.78, 5) is 0. The summed E-state index contributed by atoms with van der Waals surface area (Å²) >= 11 is 7.98. The van der Waals surface area contributed by atoms with Gasteiger partial charge in [-0.2, -0.15) is 11.8 Å². The van der Waals surface area contributed by atoms with Crippen LogP contribution < -0.4 is 11.1 Å². The summed E-state index contributed by atoms with van der Waals surface area (Å²) in [5.41, 5.74) is 7.06. The van der Waals surface area contributed by atoms with Crippen LogP contribution in [0.1, 0.15) is 12.8 Å². The molecule has 0 bridgehead atoms. The molecule has 0 aromatic heterocycles. The quantitative estimate of drug-likeness (QED) is 0.873. The SMILES string of the molecule is NCC1(Nc2cccc(Cl)c2)CCSCC1. The van der Waals surface area contributed by atoms with Crippen molar-refractivity contribution >= 4 is 29.1 Å². The van der Waals surface area contributed by atoms with Crippen molar-refractivity contribution in [2.75, 3.05) is 23.4 Å². The zero-order valence-electron chi connectivity index (χ0n) is 9.21. The third-order valence-corrected chi connectivity index (χ3v) is 4.30. The maximum absolute atomic E-state index is 5.98. The molecule has 3 N–H and O–H groups in total. The average molecular weight is 257 g/mol. The van der Waals surface area contributed by atoms with E-state index in [0.717, 1.165) is 23.6 Å². The molecule has 1 heterocycles. The second kappa shape index (κ2) is 5.30. The Bertz CT molecular complexity index is 351. The summed E-state index contributed by atoms with van der Waals surface area (Å²) in [5, 5.41) is 4.33. The van der Waals surface area contributed by atoms with E-state index in [9.17, 15) is 0 Å². The molecule has 16 heavy (non-hydrogen) atoms. The summed E-state index contributed by atoms with van der Waals surface area (Å²) in [6.45, 7) is 0.681. The van der Waals surface area contributed by atoms with Crippen LogP contribution in [-0.2, 0) is 0 Å². The van der Waals surface area contributed by atoms with E-state index >= 15 is 0 Å². The van der Waals surface area contributed by atoms with Gasteiger partial charge in [-0.1, -0.05) is 17.7 Å². The van der Waals surface area contributed by atoms with Crippen LogP contribution in [0.3, 0.4) is 0 Å². The van der Waals surface area contributed by atoms with Crippen molar-refractivity contribution in [3.63, 3.8) is 0 Å².